The fourth-order valence-corrected chi connectivity index (χ4v) is 5.08. The molecule has 0 radical (unpaired) electrons. The predicted octanol–water partition coefficient (Wildman–Crippen LogP) is 0.522. The van der Waals surface area contributed by atoms with E-state index in [-0.39, 0.29) is 0 Å². The standard InChI is InChI=1S/C18H25N3O5S/c1-14-4-2-5-15(12-14)19-8-10-20(11-9-19)27(25,26)13-17(22)21-7-3-6-16(21)18(23)24/h2,4-5,12,16H,3,6-11,13H2,1H3,(H,23,24). The van der Waals surface area contributed by atoms with Gasteiger partial charge in [0.05, 0.1) is 0 Å². The Balaban J connectivity index is 1.60. The molecule has 148 valence electrons. The minimum absolute atomic E-state index is 0.298. The first-order valence-corrected chi connectivity index (χ1v) is 10.7. The van der Waals surface area contributed by atoms with E-state index in [9.17, 15) is 23.1 Å². The largest absolute Gasteiger partial charge is 0.480 e. The molecule has 2 saturated heterocycles. The van der Waals surface area contributed by atoms with Gasteiger partial charge in [-0.2, -0.15) is 4.31 Å². The van der Waals surface area contributed by atoms with Gasteiger partial charge in [-0.05, 0) is 37.5 Å². The quantitative estimate of drug-likeness (QED) is 0.781. The number of anilines is 1. The van der Waals surface area contributed by atoms with Crippen molar-refractivity contribution in [1.82, 2.24) is 9.21 Å². The lowest BCUT2D eigenvalue weighted by Gasteiger charge is -2.35. The zero-order valence-electron chi connectivity index (χ0n) is 15.4. The molecule has 2 aliphatic rings. The minimum atomic E-state index is -3.76. The molecule has 0 aromatic heterocycles. The Hall–Kier alpha value is -2.13. The summed E-state index contributed by atoms with van der Waals surface area (Å²) in [7, 11) is -3.76. The molecule has 2 fully saturated rings. The molecule has 1 atom stereocenters. The van der Waals surface area contributed by atoms with Crippen LogP contribution in [-0.4, -0.2) is 79.1 Å². The molecular weight excluding hydrogens is 370 g/mol. The van der Waals surface area contributed by atoms with Crippen molar-refractivity contribution in [1.29, 1.82) is 0 Å². The summed E-state index contributed by atoms with van der Waals surface area (Å²) < 4.78 is 26.6. The number of carbonyl (C=O) groups is 2. The maximum Gasteiger partial charge on any atom is 0.326 e. The molecule has 2 aliphatic heterocycles. The normalized spacial score (nSPS) is 21.4. The molecule has 1 aromatic rings. The van der Waals surface area contributed by atoms with E-state index in [2.05, 4.69) is 11.0 Å². The van der Waals surface area contributed by atoms with Crippen LogP contribution in [-0.2, 0) is 19.6 Å². The van der Waals surface area contributed by atoms with E-state index in [1.54, 1.807) is 0 Å². The second-order valence-electron chi connectivity index (χ2n) is 7.06. The van der Waals surface area contributed by atoms with E-state index in [1.807, 2.05) is 25.1 Å². The van der Waals surface area contributed by atoms with Gasteiger partial charge in [0.25, 0.3) is 0 Å². The molecule has 0 saturated carbocycles. The van der Waals surface area contributed by atoms with Gasteiger partial charge in [-0.15, -0.1) is 0 Å². The van der Waals surface area contributed by atoms with Crippen LogP contribution in [0.3, 0.4) is 0 Å². The summed E-state index contributed by atoms with van der Waals surface area (Å²) in [5.41, 5.74) is 2.20. The molecule has 1 unspecified atom stereocenters. The third-order valence-electron chi connectivity index (χ3n) is 5.16. The number of nitrogens with zero attached hydrogens (tertiary/aromatic N) is 3. The highest BCUT2D eigenvalue weighted by Gasteiger charge is 2.37. The Morgan fingerprint density at radius 3 is 2.48 bits per heavy atom. The number of sulfonamides is 1. The Morgan fingerprint density at radius 1 is 1.15 bits per heavy atom. The molecule has 3 rings (SSSR count). The monoisotopic (exact) mass is 395 g/mol. The van der Waals surface area contributed by atoms with Crippen molar-refractivity contribution in [2.75, 3.05) is 43.4 Å². The van der Waals surface area contributed by atoms with E-state index >= 15 is 0 Å². The number of hydrogen-bond acceptors (Lipinski definition) is 5. The lowest BCUT2D eigenvalue weighted by atomic mass is 10.2. The first-order chi connectivity index (χ1) is 12.8. The molecule has 8 nitrogen and oxygen atoms in total. The van der Waals surface area contributed by atoms with Gasteiger partial charge in [0.15, 0.2) is 0 Å². The van der Waals surface area contributed by atoms with Crippen LogP contribution >= 0.6 is 0 Å². The van der Waals surface area contributed by atoms with Crippen LogP contribution in [0.25, 0.3) is 0 Å². The van der Waals surface area contributed by atoms with E-state index < -0.39 is 33.7 Å². The minimum Gasteiger partial charge on any atom is -0.480 e. The Labute approximate surface area is 159 Å². The van der Waals surface area contributed by atoms with Crippen LogP contribution in [0.5, 0.6) is 0 Å². The van der Waals surface area contributed by atoms with Gasteiger partial charge in [0.2, 0.25) is 15.9 Å². The Kier molecular flexibility index (Phi) is 5.71. The highest BCUT2D eigenvalue weighted by atomic mass is 32.2. The van der Waals surface area contributed by atoms with Crippen molar-refractivity contribution in [2.45, 2.75) is 25.8 Å². The SMILES string of the molecule is Cc1cccc(N2CCN(S(=O)(=O)CC(=O)N3CCCC3C(=O)O)CC2)c1. The maximum absolute atomic E-state index is 12.6. The zero-order valence-corrected chi connectivity index (χ0v) is 16.2. The Bertz CT molecular complexity index is 818. The van der Waals surface area contributed by atoms with Crippen molar-refractivity contribution in [2.24, 2.45) is 0 Å². The van der Waals surface area contributed by atoms with Crippen LogP contribution in [0.1, 0.15) is 18.4 Å². The average Bonchev–Trinajstić information content (AvgIpc) is 3.12. The topological polar surface area (TPSA) is 98.2 Å². The van der Waals surface area contributed by atoms with Crippen LogP contribution in [0, 0.1) is 6.92 Å². The Morgan fingerprint density at radius 2 is 1.85 bits per heavy atom. The number of benzene rings is 1. The molecule has 1 aromatic carbocycles. The smallest absolute Gasteiger partial charge is 0.326 e. The summed E-state index contributed by atoms with van der Waals surface area (Å²) in [6.45, 7) is 4.04. The number of hydrogen-bond donors (Lipinski definition) is 1. The van der Waals surface area contributed by atoms with Gasteiger partial charge in [-0.1, -0.05) is 12.1 Å². The molecule has 1 N–H and O–H groups in total. The van der Waals surface area contributed by atoms with Gasteiger partial charge < -0.3 is 14.9 Å². The fourth-order valence-electron chi connectivity index (χ4n) is 3.70. The van der Waals surface area contributed by atoms with E-state index in [0.29, 0.717) is 45.6 Å². The molecule has 27 heavy (non-hydrogen) atoms. The molecule has 0 spiro atoms. The summed E-state index contributed by atoms with van der Waals surface area (Å²) in [6.07, 6.45) is 0.953. The van der Waals surface area contributed by atoms with Gasteiger partial charge in [0, 0.05) is 38.4 Å². The number of amides is 1. The maximum atomic E-state index is 12.6. The van der Waals surface area contributed by atoms with Crippen LogP contribution in [0.2, 0.25) is 0 Å². The zero-order chi connectivity index (χ0) is 19.6. The van der Waals surface area contributed by atoms with E-state index in [1.165, 1.54) is 9.21 Å². The summed E-state index contributed by atoms with van der Waals surface area (Å²) in [4.78, 5) is 26.9. The molecule has 1 amide bonds. The van der Waals surface area contributed by atoms with Crippen LogP contribution in [0.4, 0.5) is 5.69 Å². The lowest BCUT2D eigenvalue weighted by molar-refractivity contribution is -0.147. The third-order valence-corrected chi connectivity index (χ3v) is 6.93. The average molecular weight is 395 g/mol. The number of rotatable bonds is 5. The number of aliphatic carboxylic acids is 1. The molecule has 0 aliphatic carbocycles. The first-order valence-electron chi connectivity index (χ1n) is 9.09. The first kappa shape index (κ1) is 19.6. The van der Waals surface area contributed by atoms with E-state index in [4.69, 9.17) is 0 Å². The highest BCUT2D eigenvalue weighted by molar-refractivity contribution is 7.89. The molecule has 2 heterocycles. The van der Waals surface area contributed by atoms with Crippen molar-refractivity contribution >= 4 is 27.6 Å². The molecule has 9 heteroatoms. The summed E-state index contributed by atoms with van der Waals surface area (Å²) >= 11 is 0. The number of carbonyl (C=O) groups excluding carboxylic acids is 1. The second kappa shape index (κ2) is 7.85. The number of carboxylic acid groups (broad SMARTS) is 1. The molecule has 0 bridgehead atoms. The molecular formula is C18H25N3O5S. The number of carboxylic acids is 1. The fraction of sp³-hybridized carbons (Fsp3) is 0.556. The van der Waals surface area contributed by atoms with Crippen LogP contribution in [0.15, 0.2) is 24.3 Å². The van der Waals surface area contributed by atoms with Crippen molar-refractivity contribution in [3.05, 3.63) is 29.8 Å². The second-order valence-corrected chi connectivity index (χ2v) is 9.03. The van der Waals surface area contributed by atoms with Gasteiger partial charge >= 0.3 is 5.97 Å². The summed E-state index contributed by atoms with van der Waals surface area (Å²) in [5.74, 6) is -2.37. The third kappa shape index (κ3) is 4.41. The van der Waals surface area contributed by atoms with Crippen molar-refractivity contribution in [3.8, 4) is 0 Å². The van der Waals surface area contributed by atoms with Crippen molar-refractivity contribution in [3.63, 3.8) is 0 Å². The predicted molar refractivity (Wildman–Crippen MR) is 101 cm³/mol. The van der Waals surface area contributed by atoms with Crippen molar-refractivity contribution < 1.29 is 23.1 Å². The number of aryl methyl sites for hydroxylation is 1. The summed E-state index contributed by atoms with van der Waals surface area (Å²) in [6, 6.07) is 7.14. The summed E-state index contributed by atoms with van der Waals surface area (Å²) in [5, 5.41) is 9.18. The highest BCUT2D eigenvalue weighted by Crippen LogP contribution is 2.21. The van der Waals surface area contributed by atoms with Crippen LogP contribution < -0.4 is 4.90 Å². The number of piperazine rings is 1. The van der Waals surface area contributed by atoms with Gasteiger partial charge in [0.1, 0.15) is 11.8 Å². The van der Waals surface area contributed by atoms with E-state index in [0.717, 1.165) is 11.3 Å². The lowest BCUT2D eigenvalue weighted by Crippen LogP contribution is -2.51. The van der Waals surface area contributed by atoms with Gasteiger partial charge in [-0.3, -0.25) is 4.79 Å². The van der Waals surface area contributed by atoms with Gasteiger partial charge in [-0.25, -0.2) is 13.2 Å². The number of likely N-dealkylation sites (tertiary alicyclic amines) is 1.